The first-order chi connectivity index (χ1) is 7.65. The molecule has 0 radical (unpaired) electrons. The molecule has 1 unspecified atom stereocenters. The van der Waals surface area contributed by atoms with Crippen LogP contribution in [0.15, 0.2) is 0 Å². The normalized spacial score (nSPS) is 35.9. The van der Waals surface area contributed by atoms with E-state index in [1.54, 1.807) is 0 Å². The molecule has 0 aliphatic carbocycles. The highest BCUT2D eigenvalue weighted by Crippen LogP contribution is 2.23. The minimum Gasteiger partial charge on any atom is -0.395 e. The van der Waals surface area contributed by atoms with Crippen LogP contribution >= 0.6 is 0 Å². The molecule has 0 bridgehead atoms. The fourth-order valence-corrected chi connectivity index (χ4v) is 2.14. The van der Waals surface area contributed by atoms with Crippen molar-refractivity contribution in [3.05, 3.63) is 0 Å². The van der Waals surface area contributed by atoms with E-state index >= 15 is 0 Å². The number of rotatable bonds is 4. The number of nitriles is 1. The molecule has 1 heterocycles. The van der Waals surface area contributed by atoms with Gasteiger partial charge < -0.3 is 15.3 Å². The van der Waals surface area contributed by atoms with Crippen LogP contribution in [-0.2, 0) is 0 Å². The van der Waals surface area contributed by atoms with Crippen molar-refractivity contribution in [1.82, 2.24) is 4.90 Å². The van der Waals surface area contributed by atoms with Crippen LogP contribution < -0.4 is 0 Å². The zero-order chi connectivity index (χ0) is 12.1. The second kappa shape index (κ2) is 6.16. The minimum absolute atomic E-state index is 0.194. The number of likely N-dealkylation sites (tertiary alicyclic amines) is 1. The fourth-order valence-electron chi connectivity index (χ4n) is 2.14. The molecule has 1 aliphatic rings. The van der Waals surface area contributed by atoms with Gasteiger partial charge in [-0.15, -0.1) is 0 Å². The van der Waals surface area contributed by atoms with Crippen LogP contribution in [0.1, 0.15) is 19.8 Å². The standard InChI is InChI=1S/C11H20N2O3/c1-2-3-4-13-6-8(5-12)10(15)11(16)9(13)7-14/h8-11,14-16H,2-4,6-7H2,1H3/t8-,9?,10+,11+/m0/s1. The van der Waals surface area contributed by atoms with E-state index in [1.165, 1.54) is 0 Å². The van der Waals surface area contributed by atoms with Crippen molar-refractivity contribution in [2.75, 3.05) is 19.7 Å². The Kier molecular flexibility index (Phi) is 5.16. The van der Waals surface area contributed by atoms with Crippen LogP contribution in [0.2, 0.25) is 0 Å². The van der Waals surface area contributed by atoms with Crippen molar-refractivity contribution in [3.8, 4) is 6.07 Å². The van der Waals surface area contributed by atoms with E-state index in [2.05, 4.69) is 6.92 Å². The molecular weight excluding hydrogens is 208 g/mol. The number of hydrogen-bond acceptors (Lipinski definition) is 5. The maximum absolute atomic E-state index is 9.81. The summed E-state index contributed by atoms with van der Waals surface area (Å²) in [5.41, 5.74) is 0. The molecule has 3 N–H and O–H groups in total. The molecule has 1 fully saturated rings. The van der Waals surface area contributed by atoms with E-state index in [1.807, 2.05) is 11.0 Å². The first-order valence-electron chi connectivity index (χ1n) is 5.76. The molecule has 5 heteroatoms. The second-order valence-corrected chi connectivity index (χ2v) is 4.32. The Hall–Kier alpha value is -0.670. The van der Waals surface area contributed by atoms with Gasteiger partial charge >= 0.3 is 0 Å². The van der Waals surface area contributed by atoms with Gasteiger partial charge in [-0.3, -0.25) is 4.90 Å². The van der Waals surface area contributed by atoms with Crippen LogP contribution in [0.5, 0.6) is 0 Å². The van der Waals surface area contributed by atoms with Crippen molar-refractivity contribution < 1.29 is 15.3 Å². The van der Waals surface area contributed by atoms with E-state index in [9.17, 15) is 15.3 Å². The van der Waals surface area contributed by atoms with Gasteiger partial charge in [-0.05, 0) is 13.0 Å². The van der Waals surface area contributed by atoms with Gasteiger partial charge in [0.1, 0.15) is 0 Å². The van der Waals surface area contributed by atoms with Gasteiger partial charge in [-0.1, -0.05) is 13.3 Å². The Bertz CT molecular complexity index is 254. The summed E-state index contributed by atoms with van der Waals surface area (Å²) in [6.45, 7) is 3.02. The number of aliphatic hydroxyl groups excluding tert-OH is 3. The van der Waals surface area contributed by atoms with Gasteiger partial charge in [0.15, 0.2) is 0 Å². The maximum atomic E-state index is 9.81. The number of aliphatic hydroxyl groups is 3. The van der Waals surface area contributed by atoms with Gasteiger partial charge in [0.05, 0.1) is 36.8 Å². The molecule has 1 rings (SSSR count). The van der Waals surface area contributed by atoms with E-state index < -0.39 is 24.2 Å². The quantitative estimate of drug-likeness (QED) is 0.593. The average molecular weight is 228 g/mol. The number of hydrogen-bond donors (Lipinski definition) is 3. The number of unbranched alkanes of at least 4 members (excludes halogenated alkanes) is 1. The highest BCUT2D eigenvalue weighted by atomic mass is 16.3. The highest BCUT2D eigenvalue weighted by Gasteiger charge is 2.41. The molecule has 1 aliphatic heterocycles. The molecule has 4 atom stereocenters. The zero-order valence-electron chi connectivity index (χ0n) is 9.58. The number of piperidine rings is 1. The number of nitrogens with zero attached hydrogens (tertiary/aromatic N) is 2. The van der Waals surface area contributed by atoms with Crippen LogP contribution in [-0.4, -0.2) is 58.2 Å². The van der Waals surface area contributed by atoms with Gasteiger partial charge in [-0.25, -0.2) is 0 Å². The first kappa shape index (κ1) is 13.4. The molecule has 0 aromatic rings. The fraction of sp³-hybridized carbons (Fsp3) is 0.909. The summed E-state index contributed by atoms with van der Waals surface area (Å²) in [5, 5.41) is 37.6. The molecule has 0 aromatic heterocycles. The average Bonchev–Trinajstić information content (AvgIpc) is 2.30. The smallest absolute Gasteiger partial charge is 0.0989 e. The van der Waals surface area contributed by atoms with E-state index in [0.717, 1.165) is 19.4 Å². The van der Waals surface area contributed by atoms with Crippen molar-refractivity contribution in [2.45, 2.75) is 38.0 Å². The van der Waals surface area contributed by atoms with E-state index in [-0.39, 0.29) is 6.61 Å². The van der Waals surface area contributed by atoms with Crippen molar-refractivity contribution >= 4 is 0 Å². The molecule has 0 amide bonds. The van der Waals surface area contributed by atoms with Gasteiger partial charge in [0, 0.05) is 6.54 Å². The highest BCUT2D eigenvalue weighted by molar-refractivity contribution is 5.01. The SMILES string of the molecule is CCCCN1C[C@H](C#N)[C@@H](O)[C@H](O)C1CO. The summed E-state index contributed by atoms with van der Waals surface area (Å²) in [6, 6.07) is 1.55. The summed E-state index contributed by atoms with van der Waals surface area (Å²) < 4.78 is 0. The first-order valence-corrected chi connectivity index (χ1v) is 5.76. The third-order valence-corrected chi connectivity index (χ3v) is 3.21. The van der Waals surface area contributed by atoms with Crippen molar-refractivity contribution in [2.24, 2.45) is 5.92 Å². The van der Waals surface area contributed by atoms with Crippen molar-refractivity contribution in [3.63, 3.8) is 0 Å². The zero-order valence-corrected chi connectivity index (χ0v) is 9.58. The molecule has 0 spiro atoms. The largest absolute Gasteiger partial charge is 0.395 e. The molecule has 92 valence electrons. The topological polar surface area (TPSA) is 87.7 Å². The lowest BCUT2D eigenvalue weighted by Crippen LogP contribution is -2.60. The summed E-state index contributed by atoms with van der Waals surface area (Å²) in [5.74, 6) is -0.574. The van der Waals surface area contributed by atoms with Crippen LogP contribution in [0.3, 0.4) is 0 Å². The Morgan fingerprint density at radius 1 is 1.38 bits per heavy atom. The Morgan fingerprint density at radius 3 is 2.56 bits per heavy atom. The summed E-state index contributed by atoms with van der Waals surface area (Å²) in [6.07, 6.45) is -0.123. The molecule has 1 saturated heterocycles. The second-order valence-electron chi connectivity index (χ2n) is 4.32. The Morgan fingerprint density at radius 2 is 2.06 bits per heavy atom. The monoisotopic (exact) mass is 228 g/mol. The molecular formula is C11H20N2O3. The van der Waals surface area contributed by atoms with E-state index in [4.69, 9.17) is 5.26 Å². The molecule has 5 nitrogen and oxygen atoms in total. The van der Waals surface area contributed by atoms with Crippen LogP contribution in [0, 0.1) is 17.2 Å². The maximum Gasteiger partial charge on any atom is 0.0989 e. The Balaban J connectivity index is 2.70. The van der Waals surface area contributed by atoms with Crippen LogP contribution in [0.4, 0.5) is 0 Å². The predicted molar refractivity (Wildman–Crippen MR) is 58.5 cm³/mol. The van der Waals surface area contributed by atoms with Crippen molar-refractivity contribution in [1.29, 1.82) is 5.26 Å². The lowest BCUT2D eigenvalue weighted by Gasteiger charge is -2.42. The Labute approximate surface area is 95.9 Å². The minimum atomic E-state index is -1.06. The summed E-state index contributed by atoms with van der Waals surface area (Å²) >= 11 is 0. The van der Waals surface area contributed by atoms with Gasteiger partial charge in [0.25, 0.3) is 0 Å². The van der Waals surface area contributed by atoms with Gasteiger partial charge in [-0.2, -0.15) is 5.26 Å². The summed E-state index contributed by atoms with van der Waals surface area (Å²) in [4.78, 5) is 1.90. The van der Waals surface area contributed by atoms with E-state index in [0.29, 0.717) is 6.54 Å². The third-order valence-electron chi connectivity index (χ3n) is 3.21. The van der Waals surface area contributed by atoms with Gasteiger partial charge in [0.2, 0.25) is 0 Å². The molecule has 16 heavy (non-hydrogen) atoms. The van der Waals surface area contributed by atoms with Crippen LogP contribution in [0.25, 0.3) is 0 Å². The lowest BCUT2D eigenvalue weighted by molar-refractivity contribution is -0.107. The predicted octanol–water partition coefficient (Wildman–Crippen LogP) is -0.675. The third kappa shape index (κ3) is 2.71. The molecule has 0 saturated carbocycles. The lowest BCUT2D eigenvalue weighted by atomic mass is 9.88. The molecule has 0 aromatic carbocycles. The summed E-state index contributed by atoms with van der Waals surface area (Å²) in [7, 11) is 0.